The van der Waals surface area contributed by atoms with Gasteiger partial charge in [-0.3, -0.25) is 9.42 Å². The molecule has 0 radical (unpaired) electrons. The van der Waals surface area contributed by atoms with E-state index in [0.717, 1.165) is 23.3 Å². The maximum atomic E-state index is 12.8. The Bertz CT molecular complexity index is 1280. The molecule has 0 saturated carbocycles. The van der Waals surface area contributed by atoms with Crippen molar-refractivity contribution in [2.24, 2.45) is 0 Å². The number of hydrogen-bond donors (Lipinski definition) is 1. The lowest BCUT2D eigenvalue weighted by atomic mass is 10.1. The average Bonchev–Trinajstić information content (AvgIpc) is 3.42. The van der Waals surface area contributed by atoms with Crippen LogP contribution < -0.4 is 18.6 Å². The second kappa shape index (κ2) is 19.9. The van der Waals surface area contributed by atoms with E-state index in [1.807, 2.05) is 60.5 Å². The molecule has 1 heterocycles. The van der Waals surface area contributed by atoms with E-state index in [1.165, 1.54) is 69.8 Å². The normalized spacial score (nSPS) is 13.4. The van der Waals surface area contributed by atoms with Gasteiger partial charge in [-0.05, 0) is 44.5 Å². The molecule has 2 atom stereocenters. The topological polar surface area (TPSA) is 87.3 Å². The first-order chi connectivity index (χ1) is 21.3. The fourth-order valence-corrected chi connectivity index (χ4v) is 6.29. The Morgan fingerprint density at radius 2 is 1.48 bits per heavy atom. The Labute approximate surface area is 267 Å². The Balaban J connectivity index is 1.40. The number of aromatic nitrogens is 1. The van der Waals surface area contributed by atoms with E-state index in [9.17, 15) is 9.46 Å². The van der Waals surface area contributed by atoms with Crippen molar-refractivity contribution >= 4 is 19.2 Å². The van der Waals surface area contributed by atoms with Crippen molar-refractivity contribution in [2.45, 2.75) is 97.6 Å². The van der Waals surface area contributed by atoms with Crippen LogP contribution >= 0.6 is 19.2 Å². The highest BCUT2D eigenvalue weighted by Crippen LogP contribution is 2.45. The molecule has 0 fully saturated rings. The van der Waals surface area contributed by atoms with Crippen LogP contribution in [-0.2, 0) is 20.4 Å². The number of phosphoric acid groups is 1. The van der Waals surface area contributed by atoms with Crippen molar-refractivity contribution in [3.05, 3.63) is 70.2 Å². The van der Waals surface area contributed by atoms with Crippen LogP contribution in [0.15, 0.2) is 54.2 Å². The molecule has 1 aromatic heterocycles. The van der Waals surface area contributed by atoms with Crippen LogP contribution in [0.25, 0.3) is 0 Å². The third-order valence-corrected chi connectivity index (χ3v) is 9.19. The van der Waals surface area contributed by atoms with Crippen LogP contribution in [0.3, 0.4) is 0 Å². The summed E-state index contributed by atoms with van der Waals surface area (Å²) >= 11 is 1.63. The SMILES string of the molecule is CCCCCCCCCCCCOc1cccc(OCC(COP(=O)(O)Oc2ccccc2C[n+]2csc(C)c2)OC)c1C. The van der Waals surface area contributed by atoms with Crippen LogP contribution in [0.1, 0.15) is 87.1 Å². The highest BCUT2D eigenvalue weighted by atomic mass is 32.1. The first-order valence-electron chi connectivity index (χ1n) is 15.9. The molecule has 0 saturated heterocycles. The summed E-state index contributed by atoms with van der Waals surface area (Å²) in [5.41, 5.74) is 3.67. The summed E-state index contributed by atoms with van der Waals surface area (Å²) in [4.78, 5) is 11.6. The summed E-state index contributed by atoms with van der Waals surface area (Å²) in [6, 6.07) is 12.9. The summed E-state index contributed by atoms with van der Waals surface area (Å²) in [7, 11) is -2.91. The summed E-state index contributed by atoms with van der Waals surface area (Å²) in [5, 5.41) is 0. The van der Waals surface area contributed by atoms with Crippen molar-refractivity contribution in [2.75, 3.05) is 26.9 Å². The molecule has 0 amide bonds. The average molecular weight is 649 g/mol. The van der Waals surface area contributed by atoms with Crippen LogP contribution in [-0.4, -0.2) is 37.9 Å². The second-order valence-electron chi connectivity index (χ2n) is 11.2. The van der Waals surface area contributed by atoms with Gasteiger partial charge in [0, 0.05) is 12.7 Å². The van der Waals surface area contributed by atoms with Crippen molar-refractivity contribution in [3.8, 4) is 17.2 Å². The van der Waals surface area contributed by atoms with Gasteiger partial charge in [0.15, 0.2) is 12.7 Å². The van der Waals surface area contributed by atoms with Crippen molar-refractivity contribution in [3.63, 3.8) is 0 Å². The fourth-order valence-electron chi connectivity index (χ4n) is 4.82. The van der Waals surface area contributed by atoms with E-state index in [0.29, 0.717) is 24.7 Å². The van der Waals surface area contributed by atoms with Gasteiger partial charge in [0.1, 0.15) is 30.0 Å². The monoisotopic (exact) mass is 648 g/mol. The number of ether oxygens (including phenoxy) is 3. The number of para-hydroxylation sites is 1. The predicted octanol–water partition coefficient (Wildman–Crippen LogP) is 8.59. The van der Waals surface area contributed by atoms with E-state index >= 15 is 0 Å². The zero-order chi connectivity index (χ0) is 31.6. The first-order valence-corrected chi connectivity index (χ1v) is 18.3. The molecule has 1 N–H and O–H groups in total. The number of hydrogen-bond acceptors (Lipinski definition) is 7. The molecule has 0 spiro atoms. The van der Waals surface area contributed by atoms with E-state index in [4.69, 9.17) is 23.3 Å². The molecule has 8 nitrogen and oxygen atoms in total. The lowest BCUT2D eigenvalue weighted by molar-refractivity contribution is -0.683. The van der Waals surface area contributed by atoms with Crippen molar-refractivity contribution < 1.29 is 37.3 Å². The lowest BCUT2D eigenvalue weighted by Gasteiger charge is -2.20. The number of thiazole rings is 1. The summed E-state index contributed by atoms with van der Waals surface area (Å²) in [6.45, 7) is 7.38. The zero-order valence-electron chi connectivity index (χ0n) is 26.9. The summed E-state index contributed by atoms with van der Waals surface area (Å²) < 4.78 is 43.1. The Morgan fingerprint density at radius 3 is 2.14 bits per heavy atom. The molecule has 2 unspecified atom stereocenters. The highest BCUT2D eigenvalue weighted by Gasteiger charge is 2.27. The van der Waals surface area contributed by atoms with Crippen molar-refractivity contribution in [1.29, 1.82) is 0 Å². The van der Waals surface area contributed by atoms with Crippen molar-refractivity contribution in [1.82, 2.24) is 0 Å². The fraction of sp³-hybridized carbons (Fsp3) is 0.559. The van der Waals surface area contributed by atoms with Gasteiger partial charge in [0.25, 0.3) is 0 Å². The molecule has 44 heavy (non-hydrogen) atoms. The maximum absolute atomic E-state index is 12.8. The third-order valence-electron chi connectivity index (χ3n) is 7.43. The maximum Gasteiger partial charge on any atom is 0.527 e. The molecule has 3 aromatic rings. The Kier molecular flexibility index (Phi) is 16.3. The second-order valence-corrected chi connectivity index (χ2v) is 13.6. The number of unbranched alkanes of at least 4 members (excludes halogenated alkanes) is 9. The highest BCUT2D eigenvalue weighted by molar-refractivity contribution is 7.47. The van der Waals surface area contributed by atoms with E-state index in [2.05, 4.69) is 6.92 Å². The van der Waals surface area contributed by atoms with E-state index in [1.54, 1.807) is 23.5 Å². The molecular formula is C34H51NO7PS+. The van der Waals surface area contributed by atoms with Gasteiger partial charge in [-0.1, -0.05) is 94.2 Å². The number of benzene rings is 2. The molecule has 3 rings (SSSR count). The summed E-state index contributed by atoms with van der Waals surface area (Å²) in [6.07, 6.45) is 14.3. The number of aryl methyl sites for hydroxylation is 1. The third kappa shape index (κ3) is 13.3. The minimum atomic E-state index is -4.41. The summed E-state index contributed by atoms with van der Waals surface area (Å²) in [5.74, 6) is 1.77. The predicted molar refractivity (Wildman–Crippen MR) is 176 cm³/mol. The zero-order valence-corrected chi connectivity index (χ0v) is 28.6. The van der Waals surface area contributed by atoms with Crippen LogP contribution in [0.2, 0.25) is 0 Å². The minimum Gasteiger partial charge on any atom is -0.493 e. The molecule has 0 bridgehead atoms. The van der Waals surface area contributed by atoms with Gasteiger partial charge in [-0.25, -0.2) is 4.57 Å². The van der Waals surface area contributed by atoms with Crippen LogP contribution in [0.4, 0.5) is 0 Å². The van der Waals surface area contributed by atoms with Gasteiger partial charge in [0.2, 0.25) is 5.51 Å². The molecule has 2 aromatic carbocycles. The van der Waals surface area contributed by atoms with Gasteiger partial charge >= 0.3 is 7.82 Å². The molecule has 0 aliphatic carbocycles. The van der Waals surface area contributed by atoms with Gasteiger partial charge in [-0.15, -0.1) is 0 Å². The number of nitrogens with zero attached hydrogens (tertiary/aromatic N) is 1. The molecular weight excluding hydrogens is 597 g/mol. The van der Waals surface area contributed by atoms with E-state index < -0.39 is 13.9 Å². The molecule has 244 valence electrons. The van der Waals surface area contributed by atoms with Gasteiger partial charge in [0.05, 0.1) is 23.7 Å². The first kappa shape index (κ1) is 36.1. The van der Waals surface area contributed by atoms with Gasteiger partial charge in [-0.2, -0.15) is 4.57 Å². The Morgan fingerprint density at radius 1 is 0.841 bits per heavy atom. The largest absolute Gasteiger partial charge is 0.527 e. The Hall–Kier alpha value is -2.42. The number of methoxy groups -OCH3 is 1. The van der Waals surface area contributed by atoms with Crippen LogP contribution in [0, 0.1) is 13.8 Å². The van der Waals surface area contributed by atoms with Crippen LogP contribution in [0.5, 0.6) is 17.2 Å². The molecule has 10 heteroatoms. The number of rotatable bonds is 23. The molecule has 0 aliphatic heterocycles. The quantitative estimate of drug-likeness (QED) is 0.0626. The van der Waals surface area contributed by atoms with E-state index in [-0.39, 0.29) is 13.2 Å². The molecule has 0 aliphatic rings. The van der Waals surface area contributed by atoms with Gasteiger partial charge < -0.3 is 18.7 Å². The lowest BCUT2D eigenvalue weighted by Crippen LogP contribution is -2.31. The standard InChI is InChI=1S/C34H50NO7PS/c1-5-6-7-8-9-10-11-12-13-16-22-39-32-20-17-21-33(29(32)3)40-25-31(38-4)26-41-43(36,37)42-34-19-15-14-18-30(34)24-35-23-28(2)44-27-35/h14-15,17-21,23,27,31H,5-13,16,22,24-26H2,1-4H3/p+1. The number of phosphoric ester groups is 1. The smallest absolute Gasteiger partial charge is 0.493 e. The minimum absolute atomic E-state index is 0.129.